The number of ether oxygens (including phenoxy) is 1. The zero-order valence-electron chi connectivity index (χ0n) is 22.0. The van der Waals surface area contributed by atoms with Gasteiger partial charge in [-0.3, -0.25) is 4.79 Å². The number of aromatic nitrogens is 1. The lowest BCUT2D eigenvalue weighted by Crippen LogP contribution is -2.42. The number of allylic oxidation sites excluding steroid dienone is 1. The Morgan fingerprint density at radius 2 is 1.95 bits per heavy atom. The maximum atomic E-state index is 13.6. The van der Waals surface area contributed by atoms with Crippen molar-refractivity contribution >= 4 is 57.6 Å². The highest BCUT2D eigenvalue weighted by atomic mass is 35.5. The molecule has 0 radical (unpaired) electrons. The molecule has 5 nitrogen and oxygen atoms in total. The molecule has 0 unspecified atom stereocenters. The maximum absolute atomic E-state index is 13.6. The molecule has 1 N–H and O–H groups in total. The smallest absolute Gasteiger partial charge is 0.339 e. The Morgan fingerprint density at radius 3 is 2.74 bits per heavy atom. The van der Waals surface area contributed by atoms with Crippen molar-refractivity contribution in [1.82, 2.24) is 10.3 Å². The van der Waals surface area contributed by atoms with Crippen LogP contribution in [-0.2, 0) is 16.0 Å². The summed E-state index contributed by atoms with van der Waals surface area (Å²) >= 11 is 12.7. The van der Waals surface area contributed by atoms with Crippen LogP contribution in [0.4, 0.5) is 0 Å². The largest absolute Gasteiger partial charge is 0.452 e. The highest BCUT2D eigenvalue weighted by Gasteiger charge is 2.42. The van der Waals surface area contributed by atoms with Crippen LogP contribution >= 0.6 is 23.2 Å². The van der Waals surface area contributed by atoms with E-state index in [-0.39, 0.29) is 18.6 Å². The van der Waals surface area contributed by atoms with Crippen molar-refractivity contribution in [1.29, 1.82) is 0 Å². The van der Waals surface area contributed by atoms with Gasteiger partial charge in [0, 0.05) is 11.4 Å². The Bertz CT molecular complexity index is 1480. The van der Waals surface area contributed by atoms with E-state index in [1.54, 1.807) is 6.07 Å². The number of halogens is 2. The maximum Gasteiger partial charge on any atom is 0.339 e. The van der Waals surface area contributed by atoms with Crippen molar-refractivity contribution in [2.75, 3.05) is 6.61 Å². The molecule has 0 saturated heterocycles. The minimum absolute atomic E-state index is 0.0898. The van der Waals surface area contributed by atoms with Gasteiger partial charge in [0.2, 0.25) is 0 Å². The molecule has 39 heavy (non-hydrogen) atoms. The molecule has 3 aromatic rings. The fourth-order valence-electron chi connectivity index (χ4n) is 7.04. The van der Waals surface area contributed by atoms with Gasteiger partial charge in [-0.05, 0) is 98.1 Å². The van der Waals surface area contributed by atoms with E-state index < -0.39 is 5.97 Å². The van der Waals surface area contributed by atoms with Gasteiger partial charge >= 0.3 is 5.97 Å². The summed E-state index contributed by atoms with van der Waals surface area (Å²) in [5.74, 6) is 1.32. The van der Waals surface area contributed by atoms with Crippen LogP contribution in [0.25, 0.3) is 22.6 Å². The van der Waals surface area contributed by atoms with Crippen LogP contribution in [0.15, 0.2) is 42.5 Å². The predicted molar refractivity (Wildman–Crippen MR) is 156 cm³/mol. The highest BCUT2D eigenvalue weighted by molar-refractivity contribution is 6.43. The Kier molecular flexibility index (Phi) is 7.39. The van der Waals surface area contributed by atoms with E-state index in [1.807, 2.05) is 42.5 Å². The summed E-state index contributed by atoms with van der Waals surface area (Å²) in [6, 6.07) is 13.2. The molecule has 0 aliphatic heterocycles. The molecule has 1 amide bonds. The molecule has 6 rings (SSSR count). The molecule has 1 heterocycles. The average Bonchev–Trinajstić information content (AvgIpc) is 3.57. The van der Waals surface area contributed by atoms with Gasteiger partial charge in [-0.15, -0.1) is 0 Å². The average molecular weight is 564 g/mol. The Labute approximate surface area is 238 Å². The van der Waals surface area contributed by atoms with Gasteiger partial charge in [0.15, 0.2) is 6.61 Å². The van der Waals surface area contributed by atoms with Crippen LogP contribution < -0.4 is 5.32 Å². The van der Waals surface area contributed by atoms with Crippen molar-refractivity contribution in [2.24, 2.45) is 17.8 Å². The van der Waals surface area contributed by atoms with Gasteiger partial charge in [0.1, 0.15) is 0 Å². The SMILES string of the molecule is C[C@H](NC(=O)COC(=O)c1c2c(nc3ccccc13)/C(=C\c1cccc(Cl)c1Cl)CCC2)[C@H]1C[C@H]2CC[C@H]1C2. The fourth-order valence-corrected chi connectivity index (χ4v) is 7.40. The molecule has 0 spiro atoms. The minimum atomic E-state index is -0.491. The van der Waals surface area contributed by atoms with Crippen molar-refractivity contribution in [2.45, 2.75) is 57.9 Å². The van der Waals surface area contributed by atoms with E-state index in [9.17, 15) is 9.59 Å². The highest BCUT2D eigenvalue weighted by Crippen LogP contribution is 2.49. The Balaban J connectivity index is 1.26. The predicted octanol–water partition coefficient (Wildman–Crippen LogP) is 7.52. The number of pyridine rings is 1. The molecule has 3 aliphatic carbocycles. The second kappa shape index (κ2) is 10.9. The number of hydrogen-bond acceptors (Lipinski definition) is 4. The number of nitrogens with one attached hydrogen (secondary N) is 1. The van der Waals surface area contributed by atoms with Crippen LogP contribution in [0, 0.1) is 17.8 Å². The molecule has 2 aromatic carbocycles. The molecule has 4 atom stereocenters. The number of rotatable bonds is 6. The number of benzene rings is 2. The van der Waals surface area contributed by atoms with Crippen molar-refractivity contribution in [3.05, 3.63) is 74.9 Å². The molecular formula is C32H32Cl2N2O3. The molecule has 2 saturated carbocycles. The number of carbonyl (C=O) groups is 2. The van der Waals surface area contributed by atoms with Crippen molar-refractivity contribution < 1.29 is 14.3 Å². The first-order valence-electron chi connectivity index (χ1n) is 13.9. The van der Waals surface area contributed by atoms with E-state index in [0.717, 1.165) is 46.5 Å². The quantitative estimate of drug-likeness (QED) is 0.315. The number of amides is 1. The van der Waals surface area contributed by atoms with Gasteiger partial charge in [0.25, 0.3) is 5.91 Å². The third-order valence-corrected chi connectivity index (χ3v) is 9.68. The number of carbonyl (C=O) groups excluding carboxylic acids is 2. The normalized spacial score (nSPS) is 23.6. The summed E-state index contributed by atoms with van der Waals surface area (Å²) < 4.78 is 5.64. The standard InChI is InChI=1S/C32H32Cl2N2O3/c1-18(25-15-19-12-13-20(25)14-19)35-28(37)17-39-32(38)29-23-8-2-3-11-27(23)36-31-22(7-4-9-24(29)31)16-21-6-5-10-26(33)30(21)34/h2-3,5-6,8,10-11,16,18-20,25H,4,7,9,12-15,17H2,1H3,(H,35,37)/b22-16-/t18-,19-,20-,25+/m0/s1. The lowest BCUT2D eigenvalue weighted by Gasteiger charge is -2.28. The lowest BCUT2D eigenvalue weighted by molar-refractivity contribution is -0.125. The van der Waals surface area contributed by atoms with E-state index in [2.05, 4.69) is 12.2 Å². The van der Waals surface area contributed by atoms with E-state index in [0.29, 0.717) is 39.4 Å². The van der Waals surface area contributed by atoms with Gasteiger partial charge in [-0.25, -0.2) is 9.78 Å². The number of nitrogens with zero attached hydrogens (tertiary/aromatic N) is 1. The third-order valence-electron chi connectivity index (χ3n) is 8.84. The van der Waals surface area contributed by atoms with Gasteiger partial charge in [0.05, 0.1) is 26.8 Å². The van der Waals surface area contributed by atoms with Crippen LogP contribution in [0.1, 0.15) is 72.6 Å². The first-order chi connectivity index (χ1) is 18.9. The molecule has 2 bridgehead atoms. The summed E-state index contributed by atoms with van der Waals surface area (Å²) in [6.07, 6.45) is 9.45. The first-order valence-corrected chi connectivity index (χ1v) is 14.7. The number of fused-ring (bicyclic) bond motifs is 4. The Morgan fingerprint density at radius 1 is 1.10 bits per heavy atom. The molecule has 1 aromatic heterocycles. The third kappa shape index (κ3) is 5.19. The van der Waals surface area contributed by atoms with E-state index in [1.165, 1.54) is 25.7 Å². The lowest BCUT2D eigenvalue weighted by atomic mass is 9.84. The van der Waals surface area contributed by atoms with Gasteiger partial charge in [-0.1, -0.05) is 60.0 Å². The van der Waals surface area contributed by atoms with Crippen LogP contribution in [0.3, 0.4) is 0 Å². The number of para-hydroxylation sites is 1. The summed E-state index contributed by atoms with van der Waals surface area (Å²) in [5.41, 5.74) is 4.64. The van der Waals surface area contributed by atoms with Crippen LogP contribution in [-0.4, -0.2) is 29.5 Å². The number of esters is 1. The summed E-state index contributed by atoms with van der Waals surface area (Å²) in [7, 11) is 0. The van der Waals surface area contributed by atoms with Crippen molar-refractivity contribution in [3.63, 3.8) is 0 Å². The van der Waals surface area contributed by atoms with Gasteiger partial charge in [-0.2, -0.15) is 0 Å². The second-order valence-electron chi connectivity index (χ2n) is 11.3. The Hall–Kier alpha value is -2.89. The topological polar surface area (TPSA) is 68.3 Å². The minimum Gasteiger partial charge on any atom is -0.452 e. The zero-order valence-corrected chi connectivity index (χ0v) is 23.5. The van der Waals surface area contributed by atoms with E-state index in [4.69, 9.17) is 32.9 Å². The summed E-state index contributed by atoms with van der Waals surface area (Å²) in [4.78, 5) is 31.3. The fraction of sp³-hybridized carbons (Fsp3) is 0.406. The van der Waals surface area contributed by atoms with Crippen LogP contribution in [0.5, 0.6) is 0 Å². The summed E-state index contributed by atoms with van der Waals surface area (Å²) in [5, 5.41) is 4.81. The second-order valence-corrected chi connectivity index (χ2v) is 12.1. The van der Waals surface area contributed by atoms with Crippen molar-refractivity contribution in [3.8, 4) is 0 Å². The molecule has 3 aliphatic rings. The summed E-state index contributed by atoms with van der Waals surface area (Å²) in [6.45, 7) is 1.79. The molecule has 2 fully saturated rings. The van der Waals surface area contributed by atoms with E-state index >= 15 is 0 Å². The zero-order chi connectivity index (χ0) is 27.1. The molecule has 202 valence electrons. The monoisotopic (exact) mass is 562 g/mol. The molecule has 7 heteroatoms. The van der Waals surface area contributed by atoms with Gasteiger partial charge < -0.3 is 10.1 Å². The van der Waals surface area contributed by atoms with Crippen LogP contribution in [0.2, 0.25) is 10.0 Å². The first kappa shape index (κ1) is 26.3. The number of hydrogen-bond donors (Lipinski definition) is 1. The molecular weight excluding hydrogens is 531 g/mol.